The maximum absolute atomic E-state index is 12.3. The van der Waals surface area contributed by atoms with Crippen molar-refractivity contribution in [2.24, 2.45) is 0 Å². The van der Waals surface area contributed by atoms with Gasteiger partial charge in [0.15, 0.2) is 5.16 Å². The molecule has 2 aromatic carbocycles. The second kappa shape index (κ2) is 9.75. The van der Waals surface area contributed by atoms with Gasteiger partial charge >= 0.3 is 0 Å². The van der Waals surface area contributed by atoms with Crippen LogP contribution in [-0.2, 0) is 17.0 Å². The molecule has 7 heteroatoms. The highest BCUT2D eigenvalue weighted by molar-refractivity contribution is 7.98. The molecule has 3 aromatic rings. The summed E-state index contributed by atoms with van der Waals surface area (Å²) in [6.07, 6.45) is 0.0238. The number of thioether (sulfide) groups is 1. The maximum Gasteiger partial charge on any atom is 0.251 e. The Hall–Kier alpha value is -3.06. The zero-order valence-corrected chi connectivity index (χ0v) is 16.3. The van der Waals surface area contributed by atoms with Crippen LogP contribution in [0.5, 0.6) is 5.75 Å². The fourth-order valence-electron chi connectivity index (χ4n) is 2.54. The smallest absolute Gasteiger partial charge is 0.251 e. The van der Waals surface area contributed by atoms with Crippen molar-refractivity contribution in [3.8, 4) is 5.75 Å². The molecule has 0 aliphatic heterocycles. The van der Waals surface area contributed by atoms with Gasteiger partial charge in [-0.15, -0.1) is 0 Å². The number of carbonyl (C=O) groups excluding carboxylic acids is 1. The molecule has 0 bridgehead atoms. The van der Waals surface area contributed by atoms with E-state index in [-0.39, 0.29) is 17.9 Å². The van der Waals surface area contributed by atoms with Gasteiger partial charge in [0.25, 0.3) is 5.56 Å². The van der Waals surface area contributed by atoms with Crippen LogP contribution in [0.3, 0.4) is 0 Å². The Balaban J connectivity index is 1.60. The second-order valence-electron chi connectivity index (χ2n) is 6.00. The molecule has 2 N–H and O–H groups in total. The van der Waals surface area contributed by atoms with Gasteiger partial charge in [-0.25, -0.2) is 4.98 Å². The van der Waals surface area contributed by atoms with Crippen molar-refractivity contribution in [2.45, 2.75) is 24.3 Å². The molecule has 0 aliphatic rings. The first-order chi connectivity index (χ1) is 13.6. The molecule has 1 amide bonds. The molecular weight excluding hydrogens is 374 g/mol. The summed E-state index contributed by atoms with van der Waals surface area (Å²) in [7, 11) is 0. The van der Waals surface area contributed by atoms with Gasteiger partial charge in [0.05, 0.1) is 18.7 Å². The van der Waals surface area contributed by atoms with Crippen molar-refractivity contribution in [3.05, 3.63) is 82.3 Å². The predicted octanol–water partition coefficient (Wildman–Crippen LogP) is 3.64. The Kier molecular flexibility index (Phi) is 6.86. The van der Waals surface area contributed by atoms with E-state index in [1.54, 1.807) is 24.3 Å². The Bertz CT molecular complexity index is 972. The van der Waals surface area contributed by atoms with Gasteiger partial charge in [0.1, 0.15) is 5.75 Å². The van der Waals surface area contributed by atoms with Gasteiger partial charge in [0, 0.05) is 17.5 Å². The average Bonchev–Trinajstić information content (AvgIpc) is 2.68. The molecule has 0 fully saturated rings. The van der Waals surface area contributed by atoms with Crippen molar-refractivity contribution in [1.82, 2.24) is 9.97 Å². The summed E-state index contributed by atoms with van der Waals surface area (Å²) in [4.78, 5) is 31.3. The largest absolute Gasteiger partial charge is 0.494 e. The topological polar surface area (TPSA) is 84.1 Å². The quantitative estimate of drug-likeness (QED) is 0.449. The zero-order valence-electron chi connectivity index (χ0n) is 15.5. The zero-order chi connectivity index (χ0) is 19.8. The van der Waals surface area contributed by atoms with Crippen molar-refractivity contribution >= 4 is 23.4 Å². The standard InChI is InChI=1S/C21H21N3O3S/c1-2-27-18-10-8-16(9-11-18)22-19(25)12-17-13-20(26)24-21(23-17)28-14-15-6-4-3-5-7-15/h3-11,13H,2,12,14H2,1H3,(H,22,25)(H,23,24,26). The molecule has 0 saturated carbocycles. The van der Waals surface area contributed by atoms with Gasteiger partial charge in [-0.05, 0) is 36.8 Å². The lowest BCUT2D eigenvalue weighted by Gasteiger charge is -2.08. The van der Waals surface area contributed by atoms with Gasteiger partial charge in [-0.1, -0.05) is 42.1 Å². The van der Waals surface area contributed by atoms with Crippen molar-refractivity contribution < 1.29 is 9.53 Å². The third-order valence-corrected chi connectivity index (χ3v) is 4.73. The van der Waals surface area contributed by atoms with Crippen molar-refractivity contribution in [1.29, 1.82) is 0 Å². The van der Waals surface area contributed by atoms with E-state index in [1.807, 2.05) is 37.3 Å². The van der Waals surface area contributed by atoms with E-state index < -0.39 is 0 Å². The van der Waals surface area contributed by atoms with E-state index >= 15 is 0 Å². The van der Waals surface area contributed by atoms with Gasteiger partial charge < -0.3 is 15.0 Å². The highest BCUT2D eigenvalue weighted by atomic mass is 32.2. The molecule has 0 atom stereocenters. The van der Waals surface area contributed by atoms with Gasteiger partial charge in [0.2, 0.25) is 5.91 Å². The first-order valence-corrected chi connectivity index (χ1v) is 9.90. The molecule has 0 unspecified atom stereocenters. The fraction of sp³-hybridized carbons (Fsp3) is 0.190. The van der Waals surface area contributed by atoms with Crippen LogP contribution >= 0.6 is 11.8 Å². The van der Waals surface area contributed by atoms with Crippen molar-refractivity contribution in [3.63, 3.8) is 0 Å². The number of hydrogen-bond acceptors (Lipinski definition) is 5. The van der Waals surface area contributed by atoms with Crippen LogP contribution in [0.4, 0.5) is 5.69 Å². The van der Waals surface area contributed by atoms with E-state index in [4.69, 9.17) is 4.74 Å². The van der Waals surface area contributed by atoms with E-state index in [2.05, 4.69) is 15.3 Å². The SMILES string of the molecule is CCOc1ccc(NC(=O)Cc2cc(=O)[nH]c(SCc3ccccc3)n2)cc1. The predicted molar refractivity (Wildman–Crippen MR) is 111 cm³/mol. The van der Waals surface area contributed by atoms with Crippen LogP contribution in [0.25, 0.3) is 0 Å². The summed E-state index contributed by atoms with van der Waals surface area (Å²) in [5.41, 5.74) is 1.96. The number of H-pyrrole nitrogens is 1. The summed E-state index contributed by atoms with van der Waals surface area (Å²) in [5.74, 6) is 1.20. The number of amides is 1. The van der Waals surface area contributed by atoms with E-state index in [0.29, 0.717) is 28.9 Å². The summed E-state index contributed by atoms with van der Waals surface area (Å²) in [6.45, 7) is 2.50. The molecule has 0 aliphatic carbocycles. The summed E-state index contributed by atoms with van der Waals surface area (Å²) >= 11 is 1.43. The number of hydrogen-bond donors (Lipinski definition) is 2. The Morgan fingerprint density at radius 3 is 2.61 bits per heavy atom. The monoisotopic (exact) mass is 395 g/mol. The lowest BCUT2D eigenvalue weighted by molar-refractivity contribution is -0.115. The molecule has 3 rings (SSSR count). The Morgan fingerprint density at radius 1 is 1.14 bits per heavy atom. The highest BCUT2D eigenvalue weighted by Crippen LogP contribution is 2.19. The van der Waals surface area contributed by atoms with Crippen molar-refractivity contribution in [2.75, 3.05) is 11.9 Å². The molecule has 144 valence electrons. The number of nitrogens with one attached hydrogen (secondary N) is 2. The molecule has 0 saturated heterocycles. The van der Waals surface area contributed by atoms with E-state index in [9.17, 15) is 9.59 Å². The fourth-order valence-corrected chi connectivity index (χ4v) is 3.39. The first-order valence-electron chi connectivity index (χ1n) is 8.92. The first kappa shape index (κ1) is 19.7. The molecule has 0 spiro atoms. The van der Waals surface area contributed by atoms with Crippen LogP contribution in [0.15, 0.2) is 70.6 Å². The maximum atomic E-state index is 12.3. The number of ether oxygens (including phenoxy) is 1. The molecular formula is C21H21N3O3S. The van der Waals surface area contributed by atoms with Crippen LogP contribution in [0.2, 0.25) is 0 Å². The molecule has 0 radical (unpaired) electrons. The summed E-state index contributed by atoms with van der Waals surface area (Å²) in [5, 5.41) is 3.30. The number of rotatable bonds is 8. The minimum atomic E-state index is -0.269. The number of anilines is 1. The summed E-state index contributed by atoms with van der Waals surface area (Å²) in [6, 6.07) is 18.4. The number of aromatic amines is 1. The number of benzene rings is 2. The lowest BCUT2D eigenvalue weighted by Crippen LogP contribution is -2.18. The third-order valence-electron chi connectivity index (χ3n) is 3.78. The van der Waals surface area contributed by atoms with E-state index in [0.717, 1.165) is 11.3 Å². The van der Waals surface area contributed by atoms with Crippen LogP contribution in [0.1, 0.15) is 18.2 Å². The minimum Gasteiger partial charge on any atom is -0.494 e. The second-order valence-corrected chi connectivity index (χ2v) is 6.96. The van der Waals surface area contributed by atoms with E-state index in [1.165, 1.54) is 17.8 Å². The average molecular weight is 395 g/mol. The molecule has 1 heterocycles. The van der Waals surface area contributed by atoms with Gasteiger partial charge in [-0.2, -0.15) is 0 Å². The normalized spacial score (nSPS) is 10.5. The number of aromatic nitrogens is 2. The highest BCUT2D eigenvalue weighted by Gasteiger charge is 2.09. The minimum absolute atomic E-state index is 0.0238. The third kappa shape index (κ3) is 5.99. The number of carbonyl (C=O) groups is 1. The Labute approximate surface area is 167 Å². The molecule has 6 nitrogen and oxygen atoms in total. The number of nitrogens with zero attached hydrogens (tertiary/aromatic N) is 1. The van der Waals surface area contributed by atoms with Gasteiger partial charge in [-0.3, -0.25) is 9.59 Å². The Morgan fingerprint density at radius 2 is 1.89 bits per heavy atom. The lowest BCUT2D eigenvalue weighted by atomic mass is 10.2. The van der Waals surface area contributed by atoms with Crippen LogP contribution in [0, 0.1) is 0 Å². The molecule has 28 heavy (non-hydrogen) atoms. The molecule has 1 aromatic heterocycles. The summed E-state index contributed by atoms with van der Waals surface area (Å²) < 4.78 is 5.38. The van der Waals surface area contributed by atoms with Crippen LogP contribution in [-0.4, -0.2) is 22.5 Å². The van der Waals surface area contributed by atoms with Crippen LogP contribution < -0.4 is 15.6 Å².